The van der Waals surface area contributed by atoms with Gasteiger partial charge in [-0.05, 0) is 75.6 Å². The molecule has 3 rings (SSSR count). The summed E-state index contributed by atoms with van der Waals surface area (Å²) in [6, 6.07) is 14.8. The Morgan fingerprint density at radius 1 is 0.775 bits per heavy atom. The Bertz CT molecular complexity index is 1030. The molecular formula is C28H40N4O8. The SMILES string of the molecule is C[C@H](O)C(=O)O.C[C@H](O)C(=O)O.N=C(N)c1cccc(OCC2CCC(COc3cccc(C(=N)N)c3)CC2)c1. The second-order valence-electron chi connectivity index (χ2n) is 9.42. The molecule has 220 valence electrons. The van der Waals surface area contributed by atoms with E-state index in [1.54, 1.807) is 0 Å². The molecule has 1 aliphatic rings. The Kier molecular flexibility index (Phi) is 14.8. The van der Waals surface area contributed by atoms with Crippen molar-refractivity contribution in [3.63, 3.8) is 0 Å². The van der Waals surface area contributed by atoms with E-state index >= 15 is 0 Å². The molecule has 10 N–H and O–H groups in total. The Labute approximate surface area is 233 Å². The lowest BCUT2D eigenvalue weighted by atomic mass is 9.83. The van der Waals surface area contributed by atoms with E-state index in [4.69, 9.17) is 52.2 Å². The predicted octanol–water partition coefficient (Wildman–Crippen LogP) is 2.42. The van der Waals surface area contributed by atoms with Crippen molar-refractivity contribution in [3.8, 4) is 11.5 Å². The van der Waals surface area contributed by atoms with Crippen LogP contribution in [0.3, 0.4) is 0 Å². The number of rotatable bonds is 10. The van der Waals surface area contributed by atoms with Crippen molar-refractivity contribution >= 4 is 23.6 Å². The molecule has 12 heteroatoms. The van der Waals surface area contributed by atoms with Gasteiger partial charge in [0.25, 0.3) is 0 Å². The molecule has 2 atom stereocenters. The number of hydrogen-bond donors (Lipinski definition) is 8. The van der Waals surface area contributed by atoms with Gasteiger partial charge in [0.2, 0.25) is 0 Å². The molecule has 0 aromatic heterocycles. The third kappa shape index (κ3) is 13.6. The summed E-state index contributed by atoms with van der Waals surface area (Å²) in [5.41, 5.74) is 12.4. The van der Waals surface area contributed by atoms with E-state index in [0.717, 1.165) is 37.2 Å². The van der Waals surface area contributed by atoms with Crippen LogP contribution in [0, 0.1) is 22.7 Å². The van der Waals surface area contributed by atoms with Gasteiger partial charge < -0.3 is 41.4 Å². The molecule has 12 nitrogen and oxygen atoms in total. The molecule has 1 fully saturated rings. The largest absolute Gasteiger partial charge is 0.493 e. The number of aliphatic hydroxyl groups is 2. The number of carbonyl (C=O) groups is 2. The van der Waals surface area contributed by atoms with Gasteiger partial charge in [0.15, 0.2) is 0 Å². The zero-order chi connectivity index (χ0) is 30.2. The normalized spacial score (nSPS) is 17.4. The zero-order valence-electron chi connectivity index (χ0n) is 22.7. The molecule has 2 aromatic rings. The Hall–Kier alpha value is -4.16. The number of benzene rings is 2. The molecule has 0 bridgehead atoms. The molecule has 1 aliphatic carbocycles. The number of aliphatic carboxylic acids is 2. The first-order chi connectivity index (χ1) is 18.8. The van der Waals surface area contributed by atoms with E-state index in [0.29, 0.717) is 36.2 Å². The fraction of sp³-hybridized carbons (Fsp3) is 0.429. The number of carboxylic acid groups (broad SMARTS) is 2. The second kappa shape index (κ2) is 17.4. The van der Waals surface area contributed by atoms with Crippen molar-refractivity contribution in [2.45, 2.75) is 51.7 Å². The highest BCUT2D eigenvalue weighted by Crippen LogP contribution is 2.30. The Morgan fingerprint density at radius 3 is 1.32 bits per heavy atom. The van der Waals surface area contributed by atoms with Crippen molar-refractivity contribution < 1.29 is 39.5 Å². The van der Waals surface area contributed by atoms with Crippen molar-refractivity contribution in [2.75, 3.05) is 13.2 Å². The van der Waals surface area contributed by atoms with E-state index in [2.05, 4.69) is 0 Å². The van der Waals surface area contributed by atoms with Gasteiger partial charge in [-0.1, -0.05) is 24.3 Å². The second-order valence-corrected chi connectivity index (χ2v) is 9.42. The summed E-state index contributed by atoms with van der Waals surface area (Å²) in [5.74, 6) is 0.355. The van der Waals surface area contributed by atoms with Gasteiger partial charge in [-0.25, -0.2) is 9.59 Å². The quantitative estimate of drug-likeness (QED) is 0.156. The van der Waals surface area contributed by atoms with Crippen LogP contribution in [0.25, 0.3) is 0 Å². The van der Waals surface area contributed by atoms with Gasteiger partial charge in [0.05, 0.1) is 13.2 Å². The average molecular weight is 561 g/mol. The maximum atomic E-state index is 9.45. The third-order valence-corrected chi connectivity index (χ3v) is 5.94. The highest BCUT2D eigenvalue weighted by atomic mass is 16.5. The first kappa shape index (κ1) is 33.9. The van der Waals surface area contributed by atoms with Crippen molar-refractivity contribution in [3.05, 3.63) is 59.7 Å². The van der Waals surface area contributed by atoms with Crippen LogP contribution in [0.1, 0.15) is 50.7 Å². The molecule has 0 aliphatic heterocycles. The number of aliphatic hydroxyl groups excluding tert-OH is 2. The number of nitrogen functional groups attached to an aromatic ring is 2. The van der Waals surface area contributed by atoms with Gasteiger partial charge in [0.1, 0.15) is 35.4 Å². The van der Waals surface area contributed by atoms with Crippen LogP contribution in [0.5, 0.6) is 11.5 Å². The smallest absolute Gasteiger partial charge is 0.332 e. The highest BCUT2D eigenvalue weighted by molar-refractivity contribution is 5.95. The summed E-state index contributed by atoms with van der Waals surface area (Å²) < 4.78 is 11.8. The lowest BCUT2D eigenvalue weighted by molar-refractivity contribution is -0.146. The summed E-state index contributed by atoms with van der Waals surface area (Å²) in [5, 5.41) is 46.6. The van der Waals surface area contributed by atoms with Crippen molar-refractivity contribution in [1.82, 2.24) is 0 Å². The Balaban J connectivity index is 0.000000559. The van der Waals surface area contributed by atoms with E-state index in [1.807, 2.05) is 48.5 Å². The molecule has 0 unspecified atom stereocenters. The van der Waals surface area contributed by atoms with Gasteiger partial charge in [-0.15, -0.1) is 0 Å². The third-order valence-electron chi connectivity index (χ3n) is 5.94. The lowest BCUT2D eigenvalue weighted by Gasteiger charge is -2.28. The summed E-state index contributed by atoms with van der Waals surface area (Å²) in [4.78, 5) is 18.9. The van der Waals surface area contributed by atoms with E-state index in [1.165, 1.54) is 13.8 Å². The minimum atomic E-state index is -1.23. The molecule has 0 saturated heterocycles. The van der Waals surface area contributed by atoms with Crippen LogP contribution in [0.4, 0.5) is 0 Å². The van der Waals surface area contributed by atoms with Crippen LogP contribution in [-0.2, 0) is 9.59 Å². The van der Waals surface area contributed by atoms with Crippen molar-refractivity contribution in [1.29, 1.82) is 10.8 Å². The van der Waals surface area contributed by atoms with Gasteiger partial charge in [0, 0.05) is 11.1 Å². The molecule has 0 radical (unpaired) electrons. The minimum absolute atomic E-state index is 0.0554. The van der Waals surface area contributed by atoms with Gasteiger partial charge >= 0.3 is 11.9 Å². The zero-order valence-corrected chi connectivity index (χ0v) is 22.7. The van der Waals surface area contributed by atoms with Gasteiger partial charge in [-0.2, -0.15) is 0 Å². The predicted molar refractivity (Wildman–Crippen MR) is 150 cm³/mol. The Morgan fingerprint density at radius 2 is 1.07 bits per heavy atom. The maximum absolute atomic E-state index is 9.45. The number of amidine groups is 2. The van der Waals surface area contributed by atoms with Crippen LogP contribution < -0.4 is 20.9 Å². The fourth-order valence-electron chi connectivity index (χ4n) is 3.50. The average Bonchev–Trinajstić information content (AvgIpc) is 2.92. The molecule has 1 saturated carbocycles. The first-order valence-corrected chi connectivity index (χ1v) is 12.8. The number of nitrogens with one attached hydrogen (secondary N) is 2. The highest BCUT2D eigenvalue weighted by Gasteiger charge is 2.22. The monoisotopic (exact) mass is 560 g/mol. The molecule has 40 heavy (non-hydrogen) atoms. The summed E-state index contributed by atoms with van der Waals surface area (Å²) in [6.07, 6.45) is 2.01. The van der Waals surface area contributed by atoms with Crippen LogP contribution in [-0.4, -0.2) is 69.5 Å². The van der Waals surface area contributed by atoms with E-state index < -0.39 is 24.1 Å². The van der Waals surface area contributed by atoms with Crippen LogP contribution >= 0.6 is 0 Å². The van der Waals surface area contributed by atoms with Crippen molar-refractivity contribution in [2.24, 2.45) is 23.3 Å². The molecule has 2 aromatic carbocycles. The number of ether oxygens (including phenoxy) is 2. The maximum Gasteiger partial charge on any atom is 0.332 e. The summed E-state index contributed by atoms with van der Waals surface area (Å²) in [6.45, 7) is 3.77. The number of carboxylic acids is 2. The van der Waals surface area contributed by atoms with Crippen LogP contribution in [0.2, 0.25) is 0 Å². The first-order valence-electron chi connectivity index (χ1n) is 12.8. The summed E-state index contributed by atoms with van der Waals surface area (Å²) in [7, 11) is 0. The molecule has 0 heterocycles. The standard InChI is InChI=1S/C22H28N4O2.2C3H6O3/c23-21(24)17-3-1-5-19(11-17)27-13-15-7-9-16(10-8-15)14-28-20-6-2-4-18(12-20)22(25)26;2*1-2(4)3(5)6/h1-6,11-12,15-16H,7-10,13-14H2,(H3,23,24)(H3,25,26);2*2,4H,1H3,(H,5,6)/t;2*2-/m.00/s1. The summed E-state index contributed by atoms with van der Waals surface area (Å²) >= 11 is 0. The fourth-order valence-corrected chi connectivity index (χ4v) is 3.50. The topological polar surface area (TPSA) is 233 Å². The van der Waals surface area contributed by atoms with Crippen LogP contribution in [0.15, 0.2) is 48.5 Å². The molecule has 0 spiro atoms. The van der Waals surface area contributed by atoms with E-state index in [-0.39, 0.29) is 11.7 Å². The lowest BCUT2D eigenvalue weighted by Crippen LogP contribution is -2.23. The number of hydrogen-bond acceptors (Lipinski definition) is 8. The van der Waals surface area contributed by atoms with Gasteiger partial charge in [-0.3, -0.25) is 10.8 Å². The molecule has 0 amide bonds. The number of nitrogens with two attached hydrogens (primary N) is 2. The molecular weight excluding hydrogens is 520 g/mol. The van der Waals surface area contributed by atoms with E-state index in [9.17, 15) is 9.59 Å². The minimum Gasteiger partial charge on any atom is -0.493 e.